The summed E-state index contributed by atoms with van der Waals surface area (Å²) in [5.74, 6) is 0.883. The Balaban J connectivity index is 1.71. The lowest BCUT2D eigenvalue weighted by Crippen LogP contribution is -2.49. The number of hydrogen-bond acceptors (Lipinski definition) is 2. The first-order valence-electron chi connectivity index (χ1n) is 7.88. The minimum Gasteiger partial charge on any atom is -0.392 e. The molecule has 0 aromatic heterocycles. The van der Waals surface area contributed by atoms with Crippen LogP contribution in [0.5, 0.6) is 0 Å². The SMILES string of the molecule is CC1(C)C(NCc2cccc(CO)c2)[C@]2(C)CC[C@H]1C2. The van der Waals surface area contributed by atoms with Gasteiger partial charge in [0.1, 0.15) is 0 Å². The van der Waals surface area contributed by atoms with Gasteiger partial charge in [-0.1, -0.05) is 45.0 Å². The van der Waals surface area contributed by atoms with E-state index in [0.717, 1.165) is 18.0 Å². The maximum Gasteiger partial charge on any atom is 0.0681 e. The van der Waals surface area contributed by atoms with E-state index < -0.39 is 0 Å². The van der Waals surface area contributed by atoms with Crippen molar-refractivity contribution in [3.8, 4) is 0 Å². The molecular formula is C18H27NO. The highest BCUT2D eigenvalue weighted by atomic mass is 16.3. The molecule has 2 N–H and O–H groups in total. The molecule has 2 heteroatoms. The minimum absolute atomic E-state index is 0.128. The number of rotatable bonds is 4. The summed E-state index contributed by atoms with van der Waals surface area (Å²) in [6, 6.07) is 8.87. The van der Waals surface area contributed by atoms with Crippen molar-refractivity contribution in [2.75, 3.05) is 0 Å². The molecule has 1 aromatic rings. The molecule has 0 radical (unpaired) electrons. The van der Waals surface area contributed by atoms with Gasteiger partial charge in [-0.2, -0.15) is 0 Å². The fourth-order valence-electron chi connectivity index (χ4n) is 4.87. The summed E-state index contributed by atoms with van der Waals surface area (Å²) in [5.41, 5.74) is 3.16. The highest BCUT2D eigenvalue weighted by Crippen LogP contribution is 2.62. The van der Waals surface area contributed by atoms with Crippen LogP contribution < -0.4 is 5.32 Å². The van der Waals surface area contributed by atoms with Crippen LogP contribution in [-0.4, -0.2) is 11.1 Å². The number of fused-ring (bicyclic) bond motifs is 2. The average Bonchev–Trinajstić information content (AvgIpc) is 2.89. The van der Waals surface area contributed by atoms with Gasteiger partial charge in [0.05, 0.1) is 6.61 Å². The third-order valence-corrected chi connectivity index (χ3v) is 5.95. The monoisotopic (exact) mass is 273 g/mol. The van der Waals surface area contributed by atoms with E-state index in [-0.39, 0.29) is 6.61 Å². The second-order valence-corrected chi connectivity index (χ2v) is 7.71. The Morgan fingerprint density at radius 2 is 2.00 bits per heavy atom. The van der Waals surface area contributed by atoms with E-state index in [0.29, 0.717) is 16.9 Å². The first-order valence-corrected chi connectivity index (χ1v) is 7.88. The number of aliphatic hydroxyl groups is 1. The van der Waals surface area contributed by atoms with Gasteiger partial charge in [0, 0.05) is 12.6 Å². The number of hydrogen-bond donors (Lipinski definition) is 2. The Labute approximate surface area is 122 Å². The molecule has 1 aromatic carbocycles. The van der Waals surface area contributed by atoms with E-state index in [4.69, 9.17) is 0 Å². The molecule has 2 nitrogen and oxygen atoms in total. The Kier molecular flexibility index (Phi) is 3.42. The molecule has 20 heavy (non-hydrogen) atoms. The summed E-state index contributed by atoms with van der Waals surface area (Å²) in [6.07, 6.45) is 4.16. The molecule has 1 unspecified atom stereocenters. The molecule has 3 atom stereocenters. The molecular weight excluding hydrogens is 246 g/mol. The van der Waals surface area contributed by atoms with Gasteiger partial charge in [0.25, 0.3) is 0 Å². The summed E-state index contributed by atoms with van der Waals surface area (Å²) in [5, 5.41) is 13.1. The predicted octanol–water partition coefficient (Wildman–Crippen LogP) is 3.48. The Morgan fingerprint density at radius 1 is 1.25 bits per heavy atom. The second-order valence-electron chi connectivity index (χ2n) is 7.71. The molecule has 2 aliphatic carbocycles. The molecule has 2 bridgehead atoms. The summed E-state index contributed by atoms with van der Waals surface area (Å²) in [7, 11) is 0. The molecule has 0 aliphatic heterocycles. The van der Waals surface area contributed by atoms with Crippen LogP contribution in [0, 0.1) is 16.7 Å². The molecule has 3 rings (SSSR count). The van der Waals surface area contributed by atoms with Gasteiger partial charge < -0.3 is 10.4 Å². The quantitative estimate of drug-likeness (QED) is 0.880. The van der Waals surface area contributed by atoms with Crippen molar-refractivity contribution in [3.05, 3.63) is 35.4 Å². The van der Waals surface area contributed by atoms with Crippen molar-refractivity contribution in [2.24, 2.45) is 16.7 Å². The van der Waals surface area contributed by atoms with Crippen LogP contribution in [0.4, 0.5) is 0 Å². The van der Waals surface area contributed by atoms with Gasteiger partial charge in [-0.15, -0.1) is 0 Å². The van der Waals surface area contributed by atoms with Crippen molar-refractivity contribution >= 4 is 0 Å². The zero-order valence-electron chi connectivity index (χ0n) is 12.9. The molecule has 0 amide bonds. The first kappa shape index (κ1) is 14.1. The van der Waals surface area contributed by atoms with Crippen molar-refractivity contribution in [3.63, 3.8) is 0 Å². The third kappa shape index (κ3) is 2.19. The van der Waals surface area contributed by atoms with E-state index in [1.165, 1.54) is 24.8 Å². The van der Waals surface area contributed by atoms with Gasteiger partial charge in [-0.25, -0.2) is 0 Å². The lowest BCUT2D eigenvalue weighted by molar-refractivity contribution is 0.108. The van der Waals surface area contributed by atoms with E-state index in [1.54, 1.807) is 0 Å². The first-order chi connectivity index (χ1) is 9.45. The molecule has 110 valence electrons. The summed E-state index contributed by atoms with van der Waals surface area (Å²) in [4.78, 5) is 0. The molecule has 2 aliphatic rings. The van der Waals surface area contributed by atoms with Crippen LogP contribution in [0.2, 0.25) is 0 Å². The lowest BCUT2D eigenvalue weighted by Gasteiger charge is -2.43. The zero-order chi connectivity index (χ0) is 14.4. The van der Waals surface area contributed by atoms with Crippen molar-refractivity contribution < 1.29 is 5.11 Å². The van der Waals surface area contributed by atoms with Crippen LogP contribution in [0.3, 0.4) is 0 Å². The molecule has 2 saturated carbocycles. The van der Waals surface area contributed by atoms with Gasteiger partial charge in [-0.05, 0) is 47.1 Å². The summed E-state index contributed by atoms with van der Waals surface area (Å²) in [6.45, 7) is 8.37. The van der Waals surface area contributed by atoms with E-state index >= 15 is 0 Å². The standard InChI is InChI=1S/C18H27NO/c1-17(2)15-7-8-18(3,10-15)16(17)19-11-13-5-4-6-14(9-13)12-20/h4-6,9,15-16,19-20H,7-8,10-12H2,1-3H3/t15-,16?,18+/m0/s1. The highest BCUT2D eigenvalue weighted by Gasteiger charge is 2.58. The van der Waals surface area contributed by atoms with E-state index in [1.807, 2.05) is 12.1 Å². The molecule has 0 spiro atoms. The van der Waals surface area contributed by atoms with Crippen LogP contribution in [0.1, 0.15) is 51.2 Å². The predicted molar refractivity (Wildman–Crippen MR) is 82.2 cm³/mol. The van der Waals surface area contributed by atoms with Gasteiger partial charge in [0.15, 0.2) is 0 Å². The maximum atomic E-state index is 9.23. The van der Waals surface area contributed by atoms with E-state index in [2.05, 4.69) is 38.2 Å². The van der Waals surface area contributed by atoms with Crippen molar-refractivity contribution in [2.45, 2.75) is 59.2 Å². The Hall–Kier alpha value is -0.860. The highest BCUT2D eigenvalue weighted by molar-refractivity contribution is 5.23. The zero-order valence-corrected chi connectivity index (χ0v) is 12.9. The molecule has 2 fully saturated rings. The van der Waals surface area contributed by atoms with Crippen LogP contribution in [-0.2, 0) is 13.2 Å². The number of benzene rings is 1. The third-order valence-electron chi connectivity index (χ3n) is 5.95. The number of aliphatic hydroxyl groups excluding tert-OH is 1. The van der Waals surface area contributed by atoms with Crippen LogP contribution in [0.15, 0.2) is 24.3 Å². The van der Waals surface area contributed by atoms with Gasteiger partial charge in [0.2, 0.25) is 0 Å². The normalized spacial score (nSPS) is 34.6. The topological polar surface area (TPSA) is 32.3 Å². The fraction of sp³-hybridized carbons (Fsp3) is 0.667. The lowest BCUT2D eigenvalue weighted by atomic mass is 9.68. The Bertz CT molecular complexity index is 491. The average molecular weight is 273 g/mol. The fourth-order valence-corrected chi connectivity index (χ4v) is 4.87. The van der Waals surface area contributed by atoms with Gasteiger partial charge >= 0.3 is 0 Å². The van der Waals surface area contributed by atoms with Crippen LogP contribution >= 0.6 is 0 Å². The summed E-state index contributed by atoms with van der Waals surface area (Å²) < 4.78 is 0. The second kappa shape index (κ2) is 4.85. The Morgan fingerprint density at radius 3 is 2.65 bits per heavy atom. The maximum absolute atomic E-state index is 9.23. The van der Waals surface area contributed by atoms with Crippen molar-refractivity contribution in [1.82, 2.24) is 5.32 Å². The van der Waals surface area contributed by atoms with Crippen molar-refractivity contribution in [1.29, 1.82) is 0 Å². The van der Waals surface area contributed by atoms with Gasteiger partial charge in [-0.3, -0.25) is 0 Å². The smallest absolute Gasteiger partial charge is 0.0681 e. The molecule has 0 saturated heterocycles. The molecule has 0 heterocycles. The van der Waals surface area contributed by atoms with Crippen LogP contribution in [0.25, 0.3) is 0 Å². The van der Waals surface area contributed by atoms with E-state index in [9.17, 15) is 5.11 Å². The minimum atomic E-state index is 0.128. The number of nitrogens with one attached hydrogen (secondary N) is 1. The summed E-state index contributed by atoms with van der Waals surface area (Å²) >= 11 is 0. The largest absolute Gasteiger partial charge is 0.392 e.